The third-order valence-electron chi connectivity index (χ3n) is 5.03. The number of H-pyrrole nitrogens is 1. The lowest BCUT2D eigenvalue weighted by molar-refractivity contribution is 0.0981. The van der Waals surface area contributed by atoms with Crippen molar-refractivity contribution >= 4 is 22.4 Å². The van der Waals surface area contributed by atoms with Gasteiger partial charge in [-0.1, -0.05) is 44.2 Å². The highest BCUT2D eigenvalue weighted by molar-refractivity contribution is 6.12. The van der Waals surface area contributed by atoms with E-state index in [1.807, 2.05) is 12.1 Å². The zero-order valence-corrected chi connectivity index (χ0v) is 15.0. The Kier molecular flexibility index (Phi) is 4.07. The van der Waals surface area contributed by atoms with Crippen molar-refractivity contribution in [3.8, 4) is 0 Å². The monoisotopic (exact) mass is 347 g/mol. The summed E-state index contributed by atoms with van der Waals surface area (Å²) < 4.78 is 0. The van der Waals surface area contributed by atoms with E-state index in [4.69, 9.17) is 0 Å². The largest absolute Gasteiger partial charge is 0.307 e. The Balaban J connectivity index is 1.80. The average molecular weight is 347 g/mol. The predicted molar refractivity (Wildman–Crippen MR) is 103 cm³/mol. The van der Waals surface area contributed by atoms with E-state index in [-0.39, 0.29) is 11.5 Å². The standard InChI is InChI=1S/C21H21N3O2/c1-13(2)14-9-10-18-15(12-14)6-5-11-24(18)21(26)19-16-7-3-4-8-17(16)20(25)23-22-19/h3-4,7-10,12-13H,5-6,11H2,1-2H3,(H,23,25). The van der Waals surface area contributed by atoms with Gasteiger partial charge in [-0.2, -0.15) is 5.10 Å². The first-order chi connectivity index (χ1) is 12.6. The molecule has 0 spiro atoms. The number of rotatable bonds is 2. The van der Waals surface area contributed by atoms with Gasteiger partial charge in [0.1, 0.15) is 0 Å². The van der Waals surface area contributed by atoms with Crippen molar-refractivity contribution < 1.29 is 4.79 Å². The predicted octanol–water partition coefficient (Wildman–Crippen LogP) is 3.64. The molecule has 0 saturated heterocycles. The summed E-state index contributed by atoms with van der Waals surface area (Å²) in [5, 5.41) is 7.60. The fourth-order valence-electron chi connectivity index (χ4n) is 3.59. The molecule has 132 valence electrons. The molecule has 1 N–H and O–H groups in total. The number of hydrogen-bond acceptors (Lipinski definition) is 3. The zero-order chi connectivity index (χ0) is 18.3. The van der Waals surface area contributed by atoms with Gasteiger partial charge >= 0.3 is 0 Å². The van der Waals surface area contributed by atoms with E-state index in [1.165, 1.54) is 11.1 Å². The second kappa shape index (κ2) is 6.41. The maximum Gasteiger partial charge on any atom is 0.279 e. The number of aromatic amines is 1. The highest BCUT2D eigenvalue weighted by atomic mass is 16.2. The van der Waals surface area contributed by atoms with Crippen LogP contribution in [0.15, 0.2) is 47.3 Å². The fraction of sp³-hybridized carbons (Fsp3) is 0.286. The van der Waals surface area contributed by atoms with Crippen LogP contribution in [-0.2, 0) is 6.42 Å². The van der Waals surface area contributed by atoms with Crippen molar-refractivity contribution in [2.24, 2.45) is 0 Å². The summed E-state index contributed by atoms with van der Waals surface area (Å²) in [5.41, 5.74) is 3.44. The van der Waals surface area contributed by atoms with Gasteiger partial charge in [0, 0.05) is 17.6 Å². The third kappa shape index (κ3) is 2.69. The maximum atomic E-state index is 13.2. The molecule has 26 heavy (non-hydrogen) atoms. The number of carbonyl (C=O) groups excluding carboxylic acids is 1. The van der Waals surface area contributed by atoms with Crippen molar-refractivity contribution in [1.82, 2.24) is 10.2 Å². The van der Waals surface area contributed by atoms with E-state index < -0.39 is 0 Å². The number of benzene rings is 2. The van der Waals surface area contributed by atoms with Crippen LogP contribution in [0.3, 0.4) is 0 Å². The topological polar surface area (TPSA) is 66.1 Å². The van der Waals surface area contributed by atoms with Crippen molar-refractivity contribution in [3.05, 3.63) is 69.6 Å². The summed E-state index contributed by atoms with van der Waals surface area (Å²) in [5.74, 6) is 0.284. The molecule has 1 aliphatic heterocycles. The third-order valence-corrected chi connectivity index (χ3v) is 5.03. The summed E-state index contributed by atoms with van der Waals surface area (Å²) in [4.78, 5) is 27.0. The summed E-state index contributed by atoms with van der Waals surface area (Å²) in [6.45, 7) is 5.00. The van der Waals surface area contributed by atoms with E-state index >= 15 is 0 Å². The molecule has 1 aliphatic rings. The first-order valence-corrected chi connectivity index (χ1v) is 8.98. The molecule has 2 aromatic carbocycles. The van der Waals surface area contributed by atoms with Crippen LogP contribution in [0.5, 0.6) is 0 Å². The number of aromatic nitrogens is 2. The zero-order valence-electron chi connectivity index (χ0n) is 15.0. The lowest BCUT2D eigenvalue weighted by Gasteiger charge is -2.30. The van der Waals surface area contributed by atoms with Gasteiger partial charge in [-0.05, 0) is 42.0 Å². The molecule has 1 aromatic heterocycles. The van der Waals surface area contributed by atoms with E-state index in [0.717, 1.165) is 18.5 Å². The number of fused-ring (bicyclic) bond motifs is 2. The number of carbonyl (C=O) groups is 1. The minimum atomic E-state index is -0.280. The van der Waals surface area contributed by atoms with E-state index in [9.17, 15) is 9.59 Å². The van der Waals surface area contributed by atoms with Crippen LogP contribution in [0.4, 0.5) is 5.69 Å². The minimum absolute atomic E-state index is 0.171. The Labute approximate surface area is 151 Å². The Hall–Kier alpha value is -2.95. The van der Waals surface area contributed by atoms with Crippen LogP contribution >= 0.6 is 0 Å². The normalized spacial score (nSPS) is 13.9. The Bertz CT molecular complexity index is 1050. The first-order valence-electron chi connectivity index (χ1n) is 8.98. The number of anilines is 1. The summed E-state index contributed by atoms with van der Waals surface area (Å²) in [7, 11) is 0. The molecular formula is C21H21N3O2. The van der Waals surface area contributed by atoms with E-state index in [1.54, 1.807) is 23.1 Å². The lowest BCUT2D eigenvalue weighted by atomic mass is 9.94. The van der Waals surface area contributed by atoms with Gasteiger partial charge in [0.25, 0.3) is 11.5 Å². The molecule has 5 heteroatoms. The van der Waals surface area contributed by atoms with Crippen LogP contribution < -0.4 is 10.5 Å². The van der Waals surface area contributed by atoms with Crippen molar-refractivity contribution in [2.75, 3.05) is 11.4 Å². The Morgan fingerprint density at radius 3 is 2.69 bits per heavy atom. The van der Waals surface area contributed by atoms with E-state index in [2.05, 4.69) is 36.2 Å². The van der Waals surface area contributed by atoms with Gasteiger partial charge in [-0.25, -0.2) is 5.10 Å². The molecule has 5 nitrogen and oxygen atoms in total. The average Bonchev–Trinajstić information content (AvgIpc) is 2.67. The second-order valence-electron chi connectivity index (χ2n) is 7.05. The number of aryl methyl sites for hydroxylation is 1. The molecular weight excluding hydrogens is 326 g/mol. The lowest BCUT2D eigenvalue weighted by Crippen LogP contribution is -2.36. The quantitative estimate of drug-likeness (QED) is 0.770. The maximum absolute atomic E-state index is 13.2. The SMILES string of the molecule is CC(C)c1ccc2c(c1)CCCN2C(=O)c1n[nH]c(=O)c2ccccc12. The molecule has 0 saturated carbocycles. The number of amides is 1. The molecule has 0 aliphatic carbocycles. The van der Waals surface area contributed by atoms with Gasteiger partial charge in [0.15, 0.2) is 5.69 Å². The summed E-state index contributed by atoms with van der Waals surface area (Å²) in [6.07, 6.45) is 1.89. The minimum Gasteiger partial charge on any atom is -0.307 e. The van der Waals surface area contributed by atoms with Gasteiger partial charge in [-0.15, -0.1) is 0 Å². The number of nitrogens with one attached hydrogen (secondary N) is 1. The van der Waals surface area contributed by atoms with Crippen molar-refractivity contribution in [1.29, 1.82) is 0 Å². The molecule has 2 heterocycles. The number of hydrogen-bond donors (Lipinski definition) is 1. The van der Waals surface area contributed by atoms with Gasteiger partial charge < -0.3 is 4.90 Å². The first kappa shape index (κ1) is 16.5. The Morgan fingerprint density at radius 2 is 1.92 bits per heavy atom. The summed E-state index contributed by atoms with van der Waals surface area (Å²) in [6, 6.07) is 13.4. The van der Waals surface area contributed by atoms with E-state index in [0.29, 0.717) is 28.9 Å². The van der Waals surface area contributed by atoms with Gasteiger partial charge in [0.2, 0.25) is 0 Å². The van der Waals surface area contributed by atoms with Crippen LogP contribution in [0.25, 0.3) is 10.8 Å². The molecule has 0 radical (unpaired) electrons. The molecule has 0 fully saturated rings. The number of nitrogens with zero attached hydrogens (tertiary/aromatic N) is 2. The molecule has 3 aromatic rings. The van der Waals surface area contributed by atoms with Crippen LogP contribution in [0.2, 0.25) is 0 Å². The van der Waals surface area contributed by atoms with Crippen LogP contribution in [-0.4, -0.2) is 22.6 Å². The molecule has 1 amide bonds. The van der Waals surface area contributed by atoms with Crippen molar-refractivity contribution in [2.45, 2.75) is 32.6 Å². The molecule has 0 unspecified atom stereocenters. The van der Waals surface area contributed by atoms with Crippen LogP contribution in [0, 0.1) is 0 Å². The molecule has 4 rings (SSSR count). The highest BCUT2D eigenvalue weighted by Gasteiger charge is 2.26. The van der Waals surface area contributed by atoms with Crippen molar-refractivity contribution in [3.63, 3.8) is 0 Å². The Morgan fingerprint density at radius 1 is 1.15 bits per heavy atom. The van der Waals surface area contributed by atoms with Crippen LogP contribution in [0.1, 0.15) is 47.8 Å². The smallest absolute Gasteiger partial charge is 0.279 e. The molecule has 0 bridgehead atoms. The van der Waals surface area contributed by atoms with Gasteiger partial charge in [-0.3, -0.25) is 9.59 Å². The fourth-order valence-corrected chi connectivity index (χ4v) is 3.59. The highest BCUT2D eigenvalue weighted by Crippen LogP contribution is 2.31. The summed E-state index contributed by atoms with van der Waals surface area (Å²) >= 11 is 0. The van der Waals surface area contributed by atoms with Gasteiger partial charge in [0.05, 0.1) is 5.39 Å². The molecule has 0 atom stereocenters. The second-order valence-corrected chi connectivity index (χ2v) is 7.05.